The lowest BCUT2D eigenvalue weighted by Crippen LogP contribution is -2.45. The number of nitrogens with two attached hydrogens (primary N) is 1. The molecule has 3 N–H and O–H groups in total. The first-order valence-electron chi connectivity index (χ1n) is 6.12. The van der Waals surface area contributed by atoms with Gasteiger partial charge in [-0.15, -0.1) is 0 Å². The first kappa shape index (κ1) is 15.6. The molecule has 3 nitrogen and oxygen atoms in total. The molecule has 21 heavy (non-hydrogen) atoms. The summed E-state index contributed by atoms with van der Waals surface area (Å²) in [6.45, 7) is 1.59. The van der Waals surface area contributed by atoms with E-state index in [0.717, 1.165) is 0 Å². The third-order valence-corrected chi connectivity index (χ3v) is 3.76. The van der Waals surface area contributed by atoms with Gasteiger partial charge >= 0.3 is 0 Å². The molecule has 110 valence electrons. The second kappa shape index (κ2) is 5.92. The van der Waals surface area contributed by atoms with Crippen molar-refractivity contribution in [3.8, 4) is 0 Å². The number of halogens is 3. The lowest BCUT2D eigenvalue weighted by Gasteiger charge is -2.30. The Balaban J connectivity index is 2.47. The first-order valence-corrected chi connectivity index (χ1v) is 6.88. The number of carbonyl (C=O) groups excluding carboxylic acids is 1. The van der Waals surface area contributed by atoms with E-state index in [4.69, 9.17) is 28.9 Å². The van der Waals surface area contributed by atoms with E-state index in [-0.39, 0.29) is 5.82 Å². The van der Waals surface area contributed by atoms with Gasteiger partial charge in [0.1, 0.15) is 11.4 Å². The lowest BCUT2D eigenvalue weighted by molar-refractivity contribution is -0.122. The van der Waals surface area contributed by atoms with Gasteiger partial charge in [-0.1, -0.05) is 23.2 Å². The van der Waals surface area contributed by atoms with Gasteiger partial charge in [0, 0.05) is 21.3 Å². The fraction of sp³-hybridized carbons (Fsp3) is 0.133. The number of hydrogen-bond acceptors (Lipinski definition) is 2. The van der Waals surface area contributed by atoms with E-state index < -0.39 is 11.4 Å². The van der Waals surface area contributed by atoms with Crippen molar-refractivity contribution < 1.29 is 9.18 Å². The first-order chi connectivity index (χ1) is 9.83. The van der Waals surface area contributed by atoms with E-state index in [1.165, 1.54) is 24.3 Å². The molecule has 0 fully saturated rings. The topological polar surface area (TPSA) is 55.1 Å². The molecule has 2 aromatic rings. The zero-order valence-corrected chi connectivity index (χ0v) is 12.7. The summed E-state index contributed by atoms with van der Waals surface area (Å²) in [6, 6.07) is 10.4. The summed E-state index contributed by atoms with van der Waals surface area (Å²) in [5.74, 6) is -1.00. The van der Waals surface area contributed by atoms with Crippen molar-refractivity contribution in [3.63, 3.8) is 0 Å². The summed E-state index contributed by atoms with van der Waals surface area (Å²) < 4.78 is 13.0. The van der Waals surface area contributed by atoms with Gasteiger partial charge in [0.25, 0.3) is 0 Å². The number of hydrogen-bond donors (Lipinski definition) is 2. The third kappa shape index (κ3) is 3.28. The predicted molar refractivity (Wildman–Crippen MR) is 83.0 cm³/mol. The van der Waals surface area contributed by atoms with Crippen molar-refractivity contribution in [1.29, 1.82) is 0 Å². The Bertz CT molecular complexity index is 676. The molecule has 1 amide bonds. The molecular formula is C15H13Cl2FN2O. The maximum absolute atomic E-state index is 13.0. The molecule has 0 saturated heterocycles. The molecule has 0 aliphatic carbocycles. The Morgan fingerprint density at radius 3 is 2.38 bits per heavy atom. The van der Waals surface area contributed by atoms with Gasteiger partial charge in [0.2, 0.25) is 5.91 Å². The highest BCUT2D eigenvalue weighted by atomic mass is 35.5. The van der Waals surface area contributed by atoms with E-state index in [0.29, 0.717) is 21.3 Å². The summed E-state index contributed by atoms with van der Waals surface area (Å²) in [6.07, 6.45) is 0. The molecular weight excluding hydrogens is 314 g/mol. The van der Waals surface area contributed by atoms with Crippen molar-refractivity contribution in [3.05, 3.63) is 63.9 Å². The Morgan fingerprint density at radius 1 is 1.19 bits per heavy atom. The normalized spacial score (nSPS) is 13.5. The van der Waals surface area contributed by atoms with E-state index in [9.17, 15) is 9.18 Å². The Kier molecular flexibility index (Phi) is 4.40. The lowest BCUT2D eigenvalue weighted by atomic mass is 9.90. The van der Waals surface area contributed by atoms with Crippen molar-refractivity contribution in [2.45, 2.75) is 12.5 Å². The van der Waals surface area contributed by atoms with Gasteiger partial charge in [-0.05, 0) is 49.4 Å². The summed E-state index contributed by atoms with van der Waals surface area (Å²) in [5, 5.41) is 3.77. The second-order valence-electron chi connectivity index (χ2n) is 4.75. The highest BCUT2D eigenvalue weighted by molar-refractivity contribution is 6.34. The predicted octanol–water partition coefficient (Wildman–Crippen LogP) is 3.95. The minimum Gasteiger partial charge on any atom is -0.368 e. The average molecular weight is 327 g/mol. The summed E-state index contributed by atoms with van der Waals surface area (Å²) in [5.41, 5.74) is 5.23. The maximum Gasteiger partial charge on any atom is 0.247 e. The molecule has 0 heterocycles. The number of nitrogens with one attached hydrogen (secondary N) is 1. The average Bonchev–Trinajstić information content (AvgIpc) is 2.43. The molecule has 2 aromatic carbocycles. The van der Waals surface area contributed by atoms with Crippen molar-refractivity contribution >= 4 is 34.8 Å². The Labute approximate surface area is 131 Å². The van der Waals surface area contributed by atoms with Crippen LogP contribution < -0.4 is 11.1 Å². The molecule has 2 rings (SSSR count). The van der Waals surface area contributed by atoms with E-state index in [2.05, 4.69) is 5.32 Å². The molecule has 0 radical (unpaired) electrons. The largest absolute Gasteiger partial charge is 0.368 e. The molecule has 1 atom stereocenters. The van der Waals surface area contributed by atoms with Crippen LogP contribution in [-0.2, 0) is 10.3 Å². The quantitative estimate of drug-likeness (QED) is 0.893. The van der Waals surface area contributed by atoms with Crippen LogP contribution in [0.2, 0.25) is 10.0 Å². The highest BCUT2D eigenvalue weighted by Crippen LogP contribution is 2.33. The van der Waals surface area contributed by atoms with Crippen molar-refractivity contribution in [1.82, 2.24) is 0 Å². The minimum absolute atomic E-state index is 0.357. The number of rotatable bonds is 4. The van der Waals surface area contributed by atoms with Gasteiger partial charge in [-0.3, -0.25) is 4.79 Å². The molecule has 0 aliphatic heterocycles. The molecule has 0 bridgehead atoms. The standard InChI is InChI=1S/C15H13Cl2FN2O/c1-15(14(19)21,12-8-9(16)2-7-13(12)17)20-11-5-3-10(18)4-6-11/h2-8,20H,1H3,(H2,19,21). The van der Waals surface area contributed by atoms with Crippen LogP contribution in [0.1, 0.15) is 12.5 Å². The molecule has 0 aliphatic rings. The number of benzene rings is 2. The summed E-state index contributed by atoms with van der Waals surface area (Å²) in [4.78, 5) is 11.9. The SMILES string of the molecule is CC(Nc1ccc(F)cc1)(C(N)=O)c1cc(Cl)ccc1Cl. The van der Waals surface area contributed by atoms with Crippen LogP contribution in [-0.4, -0.2) is 5.91 Å². The summed E-state index contributed by atoms with van der Waals surface area (Å²) >= 11 is 12.1. The van der Waals surface area contributed by atoms with Crippen LogP contribution in [0.15, 0.2) is 42.5 Å². The van der Waals surface area contributed by atoms with E-state index >= 15 is 0 Å². The number of anilines is 1. The van der Waals surface area contributed by atoms with Crippen LogP contribution in [0.3, 0.4) is 0 Å². The Morgan fingerprint density at radius 2 is 1.81 bits per heavy atom. The smallest absolute Gasteiger partial charge is 0.247 e. The van der Waals surface area contributed by atoms with Crippen molar-refractivity contribution in [2.24, 2.45) is 5.73 Å². The molecule has 0 aromatic heterocycles. The number of primary amides is 1. The second-order valence-corrected chi connectivity index (χ2v) is 5.59. The fourth-order valence-electron chi connectivity index (χ4n) is 1.96. The number of amides is 1. The minimum atomic E-state index is -1.28. The fourth-order valence-corrected chi connectivity index (χ4v) is 2.44. The van der Waals surface area contributed by atoms with Gasteiger partial charge in [0.15, 0.2) is 0 Å². The van der Waals surface area contributed by atoms with E-state index in [1.807, 2.05) is 0 Å². The van der Waals surface area contributed by atoms with Crippen LogP contribution in [0.4, 0.5) is 10.1 Å². The zero-order valence-electron chi connectivity index (χ0n) is 11.2. The third-order valence-electron chi connectivity index (χ3n) is 3.20. The van der Waals surface area contributed by atoms with Gasteiger partial charge in [-0.2, -0.15) is 0 Å². The molecule has 1 unspecified atom stereocenters. The van der Waals surface area contributed by atoms with Gasteiger partial charge in [-0.25, -0.2) is 4.39 Å². The van der Waals surface area contributed by atoms with E-state index in [1.54, 1.807) is 25.1 Å². The highest BCUT2D eigenvalue weighted by Gasteiger charge is 2.35. The van der Waals surface area contributed by atoms with Gasteiger partial charge in [0.05, 0.1) is 0 Å². The molecule has 0 saturated carbocycles. The van der Waals surface area contributed by atoms with Crippen molar-refractivity contribution in [2.75, 3.05) is 5.32 Å². The van der Waals surface area contributed by atoms with Gasteiger partial charge < -0.3 is 11.1 Å². The monoisotopic (exact) mass is 326 g/mol. The van der Waals surface area contributed by atoms with Crippen LogP contribution >= 0.6 is 23.2 Å². The van der Waals surface area contributed by atoms with Crippen LogP contribution in [0.25, 0.3) is 0 Å². The maximum atomic E-state index is 13.0. The molecule has 0 spiro atoms. The van der Waals surface area contributed by atoms with Crippen LogP contribution in [0, 0.1) is 5.82 Å². The van der Waals surface area contributed by atoms with Crippen LogP contribution in [0.5, 0.6) is 0 Å². The summed E-state index contributed by atoms with van der Waals surface area (Å²) in [7, 11) is 0. The molecule has 6 heteroatoms. The zero-order chi connectivity index (χ0) is 15.6. The Hall–Kier alpha value is -1.78. The number of carbonyl (C=O) groups is 1.